The number of rotatable bonds is 3. The minimum absolute atomic E-state index is 0.0814. The molecular formula is C16H13F3N4O. The average molecular weight is 334 g/mol. The molecule has 3 rings (SSSR count). The number of anilines is 1. The van der Waals surface area contributed by atoms with Crippen LogP contribution in [0.4, 0.5) is 18.9 Å². The average Bonchev–Trinajstić information content (AvgIpc) is 2.98. The zero-order valence-corrected chi connectivity index (χ0v) is 12.6. The Kier molecular flexibility index (Phi) is 3.96. The number of fused-ring (bicyclic) bond motifs is 1. The highest BCUT2D eigenvalue weighted by atomic mass is 19.4. The molecule has 0 saturated heterocycles. The number of hydrogen-bond donors (Lipinski definition) is 1. The summed E-state index contributed by atoms with van der Waals surface area (Å²) in [6.07, 6.45) is -2.19. The fourth-order valence-corrected chi connectivity index (χ4v) is 2.23. The molecule has 1 N–H and O–H groups in total. The Morgan fingerprint density at radius 3 is 2.75 bits per heavy atom. The third-order valence-corrected chi connectivity index (χ3v) is 3.42. The first-order chi connectivity index (χ1) is 11.4. The molecule has 1 amide bonds. The smallest absolute Gasteiger partial charge is 0.319 e. The second kappa shape index (κ2) is 5.95. The van der Waals surface area contributed by atoms with Gasteiger partial charge in [0.05, 0.1) is 11.3 Å². The van der Waals surface area contributed by atoms with E-state index in [-0.39, 0.29) is 5.56 Å². The van der Waals surface area contributed by atoms with E-state index < -0.39 is 17.6 Å². The van der Waals surface area contributed by atoms with Crippen molar-refractivity contribution in [1.29, 1.82) is 0 Å². The largest absolute Gasteiger partial charge is 0.416 e. The maximum absolute atomic E-state index is 12.8. The molecule has 0 aliphatic carbocycles. The van der Waals surface area contributed by atoms with Gasteiger partial charge in [0, 0.05) is 18.2 Å². The number of alkyl halides is 3. The van der Waals surface area contributed by atoms with Gasteiger partial charge >= 0.3 is 6.18 Å². The van der Waals surface area contributed by atoms with Crippen LogP contribution in [0.5, 0.6) is 0 Å². The van der Waals surface area contributed by atoms with Gasteiger partial charge in [-0.3, -0.25) is 4.79 Å². The van der Waals surface area contributed by atoms with Crippen LogP contribution in [0.25, 0.3) is 5.65 Å². The minimum Gasteiger partial charge on any atom is -0.319 e. The van der Waals surface area contributed by atoms with Crippen molar-refractivity contribution in [2.45, 2.75) is 19.5 Å². The molecule has 0 aliphatic heterocycles. The predicted octanol–water partition coefficient (Wildman–Crippen LogP) is 3.56. The molecule has 0 atom stereocenters. The Morgan fingerprint density at radius 1 is 1.25 bits per heavy atom. The van der Waals surface area contributed by atoms with Crippen molar-refractivity contribution in [3.63, 3.8) is 0 Å². The van der Waals surface area contributed by atoms with Gasteiger partial charge in [-0.05, 0) is 30.3 Å². The number of aromatic nitrogens is 3. The van der Waals surface area contributed by atoms with Crippen LogP contribution in [0.15, 0.2) is 42.6 Å². The topological polar surface area (TPSA) is 59.3 Å². The van der Waals surface area contributed by atoms with E-state index in [1.807, 2.05) is 6.92 Å². The number of carbonyl (C=O) groups excluding carboxylic acids is 1. The lowest BCUT2D eigenvalue weighted by molar-refractivity contribution is -0.137. The molecule has 124 valence electrons. The molecule has 2 aromatic heterocycles. The van der Waals surface area contributed by atoms with Gasteiger partial charge in [-0.15, -0.1) is 0 Å². The van der Waals surface area contributed by atoms with E-state index in [9.17, 15) is 18.0 Å². The van der Waals surface area contributed by atoms with Gasteiger partial charge in [0.25, 0.3) is 5.91 Å². The van der Waals surface area contributed by atoms with Gasteiger partial charge in [0.15, 0.2) is 11.5 Å². The number of aryl methyl sites for hydroxylation is 1. The van der Waals surface area contributed by atoms with Crippen LogP contribution in [0.3, 0.4) is 0 Å². The van der Waals surface area contributed by atoms with Gasteiger partial charge in [-0.25, -0.2) is 9.50 Å². The standard InChI is InChI=1S/C16H13F3N4O/c1-2-13-21-14-12(7-4-8-23(14)22-13)20-15(24)10-5-3-6-11(9-10)16(17,18)19/h3-9H,2H2,1H3,(H,20,24). The predicted molar refractivity (Wildman–Crippen MR) is 81.8 cm³/mol. The molecule has 5 nitrogen and oxygen atoms in total. The van der Waals surface area contributed by atoms with Crippen LogP contribution in [0.2, 0.25) is 0 Å². The first-order valence-electron chi connectivity index (χ1n) is 7.21. The summed E-state index contributed by atoms with van der Waals surface area (Å²) in [4.78, 5) is 16.6. The number of benzene rings is 1. The second-order valence-corrected chi connectivity index (χ2v) is 5.10. The van der Waals surface area contributed by atoms with Crippen molar-refractivity contribution in [2.24, 2.45) is 0 Å². The molecule has 0 bridgehead atoms. The highest BCUT2D eigenvalue weighted by molar-refractivity contribution is 6.06. The summed E-state index contributed by atoms with van der Waals surface area (Å²) in [5, 5.41) is 6.81. The van der Waals surface area contributed by atoms with Gasteiger partial charge in [0.1, 0.15) is 0 Å². The Bertz CT molecular complexity index is 902. The maximum atomic E-state index is 12.8. The Hall–Kier alpha value is -2.90. The fourth-order valence-electron chi connectivity index (χ4n) is 2.23. The molecule has 0 saturated carbocycles. The SMILES string of the molecule is CCc1nc2c(NC(=O)c3cccc(C(F)(F)F)c3)cccn2n1. The van der Waals surface area contributed by atoms with Gasteiger partial charge in [0.2, 0.25) is 0 Å². The molecule has 3 aromatic rings. The van der Waals surface area contributed by atoms with Crippen LogP contribution in [-0.2, 0) is 12.6 Å². The normalized spacial score (nSPS) is 11.7. The van der Waals surface area contributed by atoms with Crippen LogP contribution in [-0.4, -0.2) is 20.5 Å². The zero-order valence-electron chi connectivity index (χ0n) is 12.6. The summed E-state index contributed by atoms with van der Waals surface area (Å²) in [6.45, 7) is 1.90. The van der Waals surface area contributed by atoms with Crippen LogP contribution in [0, 0.1) is 0 Å². The Balaban J connectivity index is 1.92. The summed E-state index contributed by atoms with van der Waals surface area (Å²) in [7, 11) is 0. The quantitative estimate of drug-likeness (QED) is 0.797. The van der Waals surface area contributed by atoms with Gasteiger partial charge < -0.3 is 5.32 Å². The fraction of sp³-hybridized carbons (Fsp3) is 0.188. The van der Waals surface area contributed by atoms with Crippen molar-refractivity contribution >= 4 is 17.2 Å². The molecule has 0 unspecified atom stereocenters. The number of halogens is 3. The van der Waals surface area contributed by atoms with E-state index in [2.05, 4.69) is 15.4 Å². The van der Waals surface area contributed by atoms with E-state index >= 15 is 0 Å². The highest BCUT2D eigenvalue weighted by Gasteiger charge is 2.30. The summed E-state index contributed by atoms with van der Waals surface area (Å²) in [5.41, 5.74) is -0.132. The highest BCUT2D eigenvalue weighted by Crippen LogP contribution is 2.29. The third-order valence-electron chi connectivity index (χ3n) is 3.42. The van der Waals surface area contributed by atoms with Crippen molar-refractivity contribution in [1.82, 2.24) is 14.6 Å². The number of nitrogens with zero attached hydrogens (tertiary/aromatic N) is 3. The molecule has 2 heterocycles. The zero-order chi connectivity index (χ0) is 17.3. The Morgan fingerprint density at radius 2 is 2.04 bits per heavy atom. The Labute approximate surface area is 135 Å². The van der Waals surface area contributed by atoms with Crippen molar-refractivity contribution in [2.75, 3.05) is 5.32 Å². The number of pyridine rings is 1. The molecular weight excluding hydrogens is 321 g/mol. The minimum atomic E-state index is -4.50. The lowest BCUT2D eigenvalue weighted by atomic mass is 10.1. The lowest BCUT2D eigenvalue weighted by Crippen LogP contribution is -2.14. The number of hydrogen-bond acceptors (Lipinski definition) is 3. The van der Waals surface area contributed by atoms with Crippen molar-refractivity contribution in [3.8, 4) is 0 Å². The number of carbonyl (C=O) groups is 1. The molecule has 0 fully saturated rings. The van der Waals surface area contributed by atoms with Crippen molar-refractivity contribution < 1.29 is 18.0 Å². The van der Waals surface area contributed by atoms with E-state index in [1.54, 1.807) is 18.3 Å². The molecule has 24 heavy (non-hydrogen) atoms. The van der Waals surface area contributed by atoms with Crippen LogP contribution in [0.1, 0.15) is 28.7 Å². The first kappa shape index (κ1) is 16.0. The van der Waals surface area contributed by atoms with E-state index in [1.165, 1.54) is 16.6 Å². The monoisotopic (exact) mass is 334 g/mol. The van der Waals surface area contributed by atoms with Gasteiger partial charge in [-0.1, -0.05) is 13.0 Å². The summed E-state index contributed by atoms with van der Waals surface area (Å²) in [5.74, 6) is -0.0361. The molecule has 1 aromatic carbocycles. The summed E-state index contributed by atoms with van der Waals surface area (Å²) >= 11 is 0. The molecule has 8 heteroatoms. The van der Waals surface area contributed by atoms with Crippen LogP contribution >= 0.6 is 0 Å². The molecule has 0 spiro atoms. The summed E-state index contributed by atoms with van der Waals surface area (Å²) in [6, 6.07) is 7.55. The number of amides is 1. The molecule has 0 aliphatic rings. The van der Waals surface area contributed by atoms with Crippen LogP contribution < -0.4 is 5.32 Å². The van der Waals surface area contributed by atoms with E-state index in [4.69, 9.17) is 0 Å². The second-order valence-electron chi connectivity index (χ2n) is 5.10. The molecule has 0 radical (unpaired) electrons. The lowest BCUT2D eigenvalue weighted by Gasteiger charge is -2.09. The van der Waals surface area contributed by atoms with Crippen molar-refractivity contribution in [3.05, 3.63) is 59.5 Å². The third kappa shape index (κ3) is 3.08. The number of nitrogens with one attached hydrogen (secondary N) is 1. The van der Waals surface area contributed by atoms with E-state index in [0.29, 0.717) is 23.6 Å². The first-order valence-corrected chi connectivity index (χ1v) is 7.21. The van der Waals surface area contributed by atoms with E-state index in [0.717, 1.165) is 12.1 Å². The van der Waals surface area contributed by atoms with Gasteiger partial charge in [-0.2, -0.15) is 18.3 Å². The summed E-state index contributed by atoms with van der Waals surface area (Å²) < 4.78 is 39.8. The maximum Gasteiger partial charge on any atom is 0.416 e.